The van der Waals surface area contributed by atoms with E-state index in [1.807, 2.05) is 0 Å². The molecule has 136 valence electrons. The van der Waals surface area contributed by atoms with Crippen molar-refractivity contribution in [2.75, 3.05) is 25.9 Å². The highest BCUT2D eigenvalue weighted by Crippen LogP contribution is 2.22. The molecule has 0 fully saturated rings. The van der Waals surface area contributed by atoms with Crippen LogP contribution in [0.3, 0.4) is 0 Å². The molecule has 4 N–H and O–H groups in total. The lowest BCUT2D eigenvalue weighted by molar-refractivity contribution is -0.121. The number of hydrogen-bond acceptors (Lipinski definition) is 6. The van der Waals surface area contributed by atoms with Gasteiger partial charge in [-0.25, -0.2) is 0 Å². The molecule has 0 bridgehead atoms. The molecular weight excluding hydrogens is 335 g/mol. The van der Waals surface area contributed by atoms with Crippen LogP contribution in [0, 0.1) is 0 Å². The van der Waals surface area contributed by atoms with Gasteiger partial charge in [0, 0.05) is 30.7 Å². The molecule has 0 aromatic rings. The molecule has 0 heterocycles. The van der Waals surface area contributed by atoms with E-state index in [0.29, 0.717) is 11.1 Å². The average Bonchev–Trinajstić information content (AvgIpc) is 2.47. The summed E-state index contributed by atoms with van der Waals surface area (Å²) < 4.78 is 5.49. The van der Waals surface area contributed by atoms with Crippen molar-refractivity contribution in [2.24, 2.45) is 0 Å². The zero-order valence-electron chi connectivity index (χ0n) is 14.0. The minimum atomic E-state index is -2.26. The van der Waals surface area contributed by atoms with Crippen molar-refractivity contribution in [3.05, 3.63) is 24.3 Å². The quantitative estimate of drug-likeness (QED) is 0.287. The first-order valence-corrected chi connectivity index (χ1v) is 8.72. The average molecular weight is 360 g/mol. The Labute approximate surface area is 142 Å². The molecule has 0 aliphatic rings. The van der Waals surface area contributed by atoms with Crippen LogP contribution in [0.5, 0.6) is 0 Å². The van der Waals surface area contributed by atoms with Crippen LogP contribution in [-0.2, 0) is 19.1 Å². The Hall–Kier alpha value is -1.60. The van der Waals surface area contributed by atoms with Gasteiger partial charge in [-0.3, -0.25) is 14.4 Å². The van der Waals surface area contributed by atoms with E-state index in [1.54, 1.807) is 13.8 Å². The molecule has 0 unspecified atom stereocenters. The summed E-state index contributed by atoms with van der Waals surface area (Å²) in [4.78, 5) is 52.0. The molecular formula is C15H25N2O6P. The molecule has 8 nitrogen and oxygen atoms in total. The molecule has 0 atom stereocenters. The van der Waals surface area contributed by atoms with Gasteiger partial charge in [-0.1, -0.05) is 13.2 Å². The van der Waals surface area contributed by atoms with Gasteiger partial charge in [-0.2, -0.15) is 0 Å². The topological polar surface area (TPSA) is 125 Å². The molecule has 0 aliphatic heterocycles. The van der Waals surface area contributed by atoms with Gasteiger partial charge in [-0.15, -0.1) is 0 Å². The van der Waals surface area contributed by atoms with Gasteiger partial charge >= 0.3 is 0 Å². The van der Waals surface area contributed by atoms with Gasteiger partial charge < -0.3 is 25.2 Å². The lowest BCUT2D eigenvalue weighted by atomic mass is 10.2. The Balaban J connectivity index is 4.42. The summed E-state index contributed by atoms with van der Waals surface area (Å²) in [5.74, 6) is -1.00. The highest BCUT2D eigenvalue weighted by atomic mass is 31.2. The molecule has 0 spiro atoms. The van der Waals surface area contributed by atoms with E-state index < -0.39 is 14.5 Å². The largest absolute Gasteiger partial charge is 0.374 e. The Morgan fingerprint density at radius 1 is 1.04 bits per heavy atom. The van der Waals surface area contributed by atoms with E-state index in [1.165, 1.54) is 0 Å². The minimum absolute atomic E-state index is 0.0132. The molecule has 0 rings (SSSR count). The first kappa shape index (κ1) is 22.4. The molecule has 0 aliphatic carbocycles. The van der Waals surface area contributed by atoms with Crippen LogP contribution >= 0.6 is 8.38 Å². The Morgan fingerprint density at radius 3 is 1.88 bits per heavy atom. The third-order valence-corrected chi connectivity index (χ3v) is 3.44. The van der Waals surface area contributed by atoms with Crippen molar-refractivity contribution in [1.82, 2.24) is 10.6 Å². The van der Waals surface area contributed by atoms with Crippen molar-refractivity contribution in [3.63, 3.8) is 0 Å². The maximum atomic E-state index is 11.5. The number of nitrogens with one attached hydrogen (secondary N) is 2. The van der Waals surface area contributed by atoms with Crippen LogP contribution in [-0.4, -0.2) is 59.3 Å². The maximum absolute atomic E-state index is 11.5. The van der Waals surface area contributed by atoms with Gasteiger partial charge in [0.15, 0.2) is 8.38 Å². The summed E-state index contributed by atoms with van der Waals surface area (Å²) in [6.07, 6.45) is -0.837. The second kappa shape index (κ2) is 11.9. The van der Waals surface area contributed by atoms with Crippen LogP contribution in [0.25, 0.3) is 0 Å². The Bertz CT molecular complexity index is 462. The number of carbonyl (C=O) groups is 3. The van der Waals surface area contributed by atoms with Crippen molar-refractivity contribution in [2.45, 2.75) is 26.4 Å². The molecule has 24 heavy (non-hydrogen) atoms. The van der Waals surface area contributed by atoms with Crippen molar-refractivity contribution >= 4 is 26.0 Å². The summed E-state index contributed by atoms with van der Waals surface area (Å²) in [5, 5.41) is 5.21. The molecule has 9 heteroatoms. The standard InChI is InChI=1S/C15H25N2O6P/c1-10(2)14(19)16-7-13(8-17-15(20)11(3)4)23-6-5-12(18)9-24(21)22/h13,21-22H,1,3,5-9H2,2,4H3,(H,16,19)(H,17,20). The summed E-state index contributed by atoms with van der Waals surface area (Å²) in [6.45, 7) is 10.5. The fourth-order valence-corrected chi connectivity index (χ4v) is 1.95. The van der Waals surface area contributed by atoms with Crippen LogP contribution in [0.2, 0.25) is 0 Å². The fraction of sp³-hybridized carbons (Fsp3) is 0.533. The highest BCUT2D eigenvalue weighted by molar-refractivity contribution is 7.46. The van der Waals surface area contributed by atoms with Crippen LogP contribution < -0.4 is 10.6 Å². The van der Waals surface area contributed by atoms with Crippen molar-refractivity contribution < 1.29 is 28.9 Å². The van der Waals surface area contributed by atoms with Gasteiger partial charge in [0.2, 0.25) is 11.8 Å². The van der Waals surface area contributed by atoms with Crippen molar-refractivity contribution in [1.29, 1.82) is 0 Å². The first-order valence-electron chi connectivity index (χ1n) is 7.29. The second-order valence-corrected chi connectivity index (χ2v) is 6.35. The predicted molar refractivity (Wildman–Crippen MR) is 91.2 cm³/mol. The lowest BCUT2D eigenvalue weighted by Gasteiger charge is -2.19. The highest BCUT2D eigenvalue weighted by Gasteiger charge is 2.15. The number of Topliss-reactive ketones (excluding diaryl/α,β-unsaturated/α-hetero) is 1. The minimum Gasteiger partial charge on any atom is -0.374 e. The molecule has 0 aromatic heterocycles. The number of ketones is 1. The van der Waals surface area contributed by atoms with Crippen LogP contribution in [0.1, 0.15) is 20.3 Å². The fourth-order valence-electron chi connectivity index (χ4n) is 1.48. The van der Waals surface area contributed by atoms with E-state index in [2.05, 4.69) is 23.8 Å². The zero-order chi connectivity index (χ0) is 18.7. The second-order valence-electron chi connectivity index (χ2n) is 5.29. The van der Waals surface area contributed by atoms with Gasteiger partial charge in [0.05, 0.1) is 18.9 Å². The number of carbonyl (C=O) groups excluding carboxylic acids is 3. The smallest absolute Gasteiger partial charge is 0.246 e. The normalized spacial score (nSPS) is 10.6. The van der Waals surface area contributed by atoms with Crippen LogP contribution in [0.15, 0.2) is 24.3 Å². The van der Waals surface area contributed by atoms with Crippen molar-refractivity contribution in [3.8, 4) is 0 Å². The van der Waals surface area contributed by atoms with E-state index >= 15 is 0 Å². The third kappa shape index (κ3) is 11.0. The summed E-state index contributed by atoms with van der Waals surface area (Å²) in [7, 11) is -2.26. The molecule has 0 saturated heterocycles. The van der Waals surface area contributed by atoms with E-state index in [9.17, 15) is 14.4 Å². The molecule has 2 amide bonds. The number of ether oxygens (including phenoxy) is 1. The Kier molecular flexibility index (Phi) is 11.1. The summed E-state index contributed by atoms with van der Waals surface area (Å²) in [6, 6.07) is 0. The number of amides is 2. The van der Waals surface area contributed by atoms with E-state index in [4.69, 9.17) is 14.5 Å². The lowest BCUT2D eigenvalue weighted by Crippen LogP contribution is -2.42. The number of hydrogen-bond donors (Lipinski definition) is 4. The van der Waals surface area contributed by atoms with E-state index in [-0.39, 0.29) is 49.9 Å². The predicted octanol–water partition coefficient (Wildman–Crippen LogP) is 0.0119. The van der Waals surface area contributed by atoms with Gasteiger partial charge in [0.25, 0.3) is 0 Å². The van der Waals surface area contributed by atoms with Crippen LogP contribution in [0.4, 0.5) is 0 Å². The van der Waals surface area contributed by atoms with Gasteiger partial charge in [0.1, 0.15) is 5.78 Å². The monoisotopic (exact) mass is 360 g/mol. The van der Waals surface area contributed by atoms with Gasteiger partial charge in [-0.05, 0) is 13.8 Å². The third-order valence-electron chi connectivity index (χ3n) is 2.81. The summed E-state index contributed by atoms with van der Waals surface area (Å²) >= 11 is 0. The van der Waals surface area contributed by atoms with E-state index in [0.717, 1.165) is 0 Å². The Morgan fingerprint density at radius 2 is 1.50 bits per heavy atom. The zero-order valence-corrected chi connectivity index (χ0v) is 14.9. The SMILES string of the molecule is C=C(C)C(=O)NCC(CNC(=O)C(=C)C)OCCC(=O)CP(O)O. The maximum Gasteiger partial charge on any atom is 0.246 e. The first-order chi connectivity index (χ1) is 11.1. The molecule has 0 radical (unpaired) electrons. The molecule has 0 saturated carbocycles. The molecule has 0 aromatic carbocycles. The summed E-state index contributed by atoms with van der Waals surface area (Å²) in [5.41, 5.74) is 0.684. The number of rotatable bonds is 12.